The van der Waals surface area contributed by atoms with Gasteiger partial charge in [0.05, 0.1) is 6.07 Å². The maximum absolute atomic E-state index is 12.8. The molecule has 0 aliphatic heterocycles. The Morgan fingerprint density at radius 1 is 1.05 bits per heavy atom. The van der Waals surface area contributed by atoms with Crippen molar-refractivity contribution in [3.8, 4) is 6.07 Å². The van der Waals surface area contributed by atoms with Gasteiger partial charge in [-0.3, -0.25) is 4.79 Å². The molecule has 0 heterocycles. The van der Waals surface area contributed by atoms with Gasteiger partial charge in [0, 0.05) is 5.92 Å². The topological polar surface area (TPSA) is 40.9 Å². The summed E-state index contributed by atoms with van der Waals surface area (Å²) in [7, 11) is 0. The van der Waals surface area contributed by atoms with Crippen molar-refractivity contribution in [1.82, 2.24) is 0 Å². The van der Waals surface area contributed by atoms with E-state index in [0.29, 0.717) is 0 Å². The van der Waals surface area contributed by atoms with Crippen LogP contribution >= 0.6 is 0 Å². The Hall–Kier alpha value is -1.62. The molecule has 1 aromatic carbocycles. The molecule has 0 spiro atoms. The maximum Gasteiger partial charge on any atom is 0.157 e. The first-order valence-corrected chi connectivity index (χ1v) is 8.28. The molecule has 0 radical (unpaired) electrons. The zero-order valence-electron chi connectivity index (χ0n) is 12.5. The highest BCUT2D eigenvalue weighted by Crippen LogP contribution is 2.44. The molecule has 4 atom stereocenters. The molecule has 0 bridgehead atoms. The number of nitrogens with zero attached hydrogens (tertiary/aromatic N) is 1. The minimum absolute atomic E-state index is 0.106. The van der Waals surface area contributed by atoms with E-state index in [1.807, 2.05) is 30.3 Å². The van der Waals surface area contributed by atoms with E-state index >= 15 is 0 Å². The van der Waals surface area contributed by atoms with E-state index < -0.39 is 5.92 Å². The molecule has 2 aliphatic carbocycles. The molecule has 21 heavy (non-hydrogen) atoms. The highest BCUT2D eigenvalue weighted by atomic mass is 16.1. The van der Waals surface area contributed by atoms with Gasteiger partial charge in [-0.2, -0.15) is 5.26 Å². The van der Waals surface area contributed by atoms with E-state index in [1.54, 1.807) is 0 Å². The van der Waals surface area contributed by atoms with Crippen LogP contribution < -0.4 is 0 Å². The average molecular weight is 281 g/mol. The molecular weight excluding hydrogens is 258 g/mol. The third kappa shape index (κ3) is 3.02. The smallest absolute Gasteiger partial charge is 0.157 e. The van der Waals surface area contributed by atoms with Crippen molar-refractivity contribution in [2.24, 2.45) is 17.8 Å². The fraction of sp³-hybridized carbons (Fsp3) is 0.579. The number of fused-ring (bicyclic) bond motifs is 1. The molecule has 2 saturated carbocycles. The summed E-state index contributed by atoms with van der Waals surface area (Å²) < 4.78 is 0. The highest BCUT2D eigenvalue weighted by Gasteiger charge is 2.37. The number of hydrogen-bond acceptors (Lipinski definition) is 2. The first-order chi connectivity index (χ1) is 10.3. The second-order valence-corrected chi connectivity index (χ2v) is 6.69. The number of nitriles is 1. The summed E-state index contributed by atoms with van der Waals surface area (Å²) in [5.41, 5.74) is 0.857. The standard InChI is InChI=1S/C19H23NO/c20-13-18(15-7-2-1-3-8-15)19(21)17-11-10-14-6-4-5-9-16(14)12-17/h1-3,7-8,14,16-18H,4-6,9-12H2. The van der Waals surface area contributed by atoms with Crippen molar-refractivity contribution < 1.29 is 4.79 Å². The maximum atomic E-state index is 12.8. The van der Waals surface area contributed by atoms with E-state index in [9.17, 15) is 10.1 Å². The van der Waals surface area contributed by atoms with Crippen molar-refractivity contribution in [2.75, 3.05) is 0 Å². The number of Topliss-reactive ketones (excluding diaryl/α,β-unsaturated/α-hetero) is 1. The van der Waals surface area contributed by atoms with E-state index in [0.717, 1.165) is 30.2 Å². The molecule has 2 aliphatic rings. The third-order valence-electron chi connectivity index (χ3n) is 5.49. The molecule has 0 amide bonds. The fourth-order valence-corrected chi connectivity index (χ4v) is 4.32. The Morgan fingerprint density at radius 3 is 2.48 bits per heavy atom. The Labute approximate surface area is 127 Å². The summed E-state index contributed by atoms with van der Waals surface area (Å²) in [4.78, 5) is 12.8. The lowest BCUT2D eigenvalue weighted by Crippen LogP contribution is -2.33. The number of hydrogen-bond donors (Lipinski definition) is 0. The molecule has 2 nitrogen and oxygen atoms in total. The van der Waals surface area contributed by atoms with Gasteiger partial charge in [-0.1, -0.05) is 56.0 Å². The fourth-order valence-electron chi connectivity index (χ4n) is 4.32. The minimum atomic E-state index is -0.573. The number of rotatable bonds is 3. The van der Waals surface area contributed by atoms with Crippen LogP contribution in [0.25, 0.3) is 0 Å². The minimum Gasteiger partial charge on any atom is -0.298 e. The van der Waals surface area contributed by atoms with E-state index in [-0.39, 0.29) is 11.7 Å². The van der Waals surface area contributed by atoms with Crippen LogP contribution in [-0.4, -0.2) is 5.78 Å². The zero-order valence-corrected chi connectivity index (χ0v) is 12.5. The van der Waals surface area contributed by atoms with Gasteiger partial charge < -0.3 is 0 Å². The van der Waals surface area contributed by atoms with Crippen molar-refractivity contribution in [1.29, 1.82) is 5.26 Å². The van der Waals surface area contributed by atoms with Crippen molar-refractivity contribution >= 4 is 5.78 Å². The third-order valence-corrected chi connectivity index (χ3v) is 5.49. The van der Waals surface area contributed by atoms with Gasteiger partial charge in [-0.15, -0.1) is 0 Å². The zero-order chi connectivity index (χ0) is 14.7. The summed E-state index contributed by atoms with van der Waals surface area (Å²) in [5, 5.41) is 9.44. The predicted octanol–water partition coefficient (Wildman–Crippen LogP) is 4.47. The van der Waals surface area contributed by atoms with Gasteiger partial charge in [0.25, 0.3) is 0 Å². The molecular formula is C19H23NO. The van der Waals surface area contributed by atoms with Gasteiger partial charge in [-0.25, -0.2) is 0 Å². The van der Waals surface area contributed by atoms with E-state index in [4.69, 9.17) is 0 Å². The Bertz CT molecular complexity index is 530. The summed E-state index contributed by atoms with van der Waals surface area (Å²) >= 11 is 0. The molecule has 2 heteroatoms. The highest BCUT2D eigenvalue weighted by molar-refractivity contribution is 5.90. The summed E-state index contributed by atoms with van der Waals surface area (Å²) in [5.74, 6) is 1.27. The van der Waals surface area contributed by atoms with Gasteiger partial charge >= 0.3 is 0 Å². The average Bonchev–Trinajstić information content (AvgIpc) is 2.56. The van der Waals surface area contributed by atoms with Crippen LogP contribution in [-0.2, 0) is 4.79 Å². The van der Waals surface area contributed by atoms with Crippen LogP contribution in [0.3, 0.4) is 0 Å². The van der Waals surface area contributed by atoms with Crippen LogP contribution in [0.4, 0.5) is 0 Å². The number of ketones is 1. The largest absolute Gasteiger partial charge is 0.298 e. The second kappa shape index (κ2) is 6.43. The van der Waals surface area contributed by atoms with Gasteiger partial charge in [0.15, 0.2) is 5.78 Å². The molecule has 3 rings (SSSR count). The lowest BCUT2D eigenvalue weighted by atomic mass is 9.65. The Kier molecular flexibility index (Phi) is 4.39. The van der Waals surface area contributed by atoms with Crippen LogP contribution in [0.2, 0.25) is 0 Å². The lowest BCUT2D eigenvalue weighted by molar-refractivity contribution is -0.125. The van der Waals surface area contributed by atoms with E-state index in [1.165, 1.54) is 32.1 Å². The number of carbonyl (C=O) groups excluding carboxylic acids is 1. The molecule has 110 valence electrons. The summed E-state index contributed by atoms with van der Waals surface area (Å²) in [6.07, 6.45) is 8.53. The van der Waals surface area contributed by atoms with Crippen LogP contribution in [0.15, 0.2) is 30.3 Å². The Balaban J connectivity index is 1.71. The lowest BCUT2D eigenvalue weighted by Gasteiger charge is -2.39. The molecule has 4 unspecified atom stereocenters. The van der Waals surface area contributed by atoms with Crippen LogP contribution in [0.1, 0.15) is 56.4 Å². The summed E-state index contributed by atoms with van der Waals surface area (Å²) in [6, 6.07) is 11.8. The SMILES string of the molecule is N#CC(C(=O)C1CCC2CCCCC2C1)c1ccccc1. The molecule has 0 saturated heterocycles. The quantitative estimate of drug-likeness (QED) is 0.820. The van der Waals surface area contributed by atoms with Crippen molar-refractivity contribution in [3.05, 3.63) is 35.9 Å². The summed E-state index contributed by atoms with van der Waals surface area (Å²) in [6.45, 7) is 0. The van der Waals surface area contributed by atoms with Crippen LogP contribution in [0.5, 0.6) is 0 Å². The van der Waals surface area contributed by atoms with Crippen molar-refractivity contribution in [3.63, 3.8) is 0 Å². The first-order valence-electron chi connectivity index (χ1n) is 8.28. The Morgan fingerprint density at radius 2 is 1.76 bits per heavy atom. The number of benzene rings is 1. The molecule has 2 fully saturated rings. The first kappa shape index (κ1) is 14.3. The second-order valence-electron chi connectivity index (χ2n) is 6.69. The molecule has 1 aromatic rings. The number of carbonyl (C=O) groups is 1. The predicted molar refractivity (Wildman–Crippen MR) is 82.6 cm³/mol. The molecule has 0 N–H and O–H groups in total. The molecule has 0 aromatic heterocycles. The van der Waals surface area contributed by atoms with E-state index in [2.05, 4.69) is 6.07 Å². The monoisotopic (exact) mass is 281 g/mol. The van der Waals surface area contributed by atoms with Gasteiger partial charge in [-0.05, 0) is 36.7 Å². The van der Waals surface area contributed by atoms with Gasteiger partial charge in [0.2, 0.25) is 0 Å². The normalized spacial score (nSPS) is 30.0. The van der Waals surface area contributed by atoms with Crippen molar-refractivity contribution in [2.45, 2.75) is 50.9 Å². The van der Waals surface area contributed by atoms with Gasteiger partial charge in [0.1, 0.15) is 5.92 Å². The van der Waals surface area contributed by atoms with Crippen LogP contribution in [0, 0.1) is 29.1 Å².